The highest BCUT2D eigenvalue weighted by Gasteiger charge is 2.57. The van der Waals surface area contributed by atoms with Gasteiger partial charge in [-0.15, -0.1) is 0 Å². The Balaban J connectivity index is 1.47. The third-order valence-electron chi connectivity index (χ3n) is 8.08. The Hall–Kier alpha value is -3.19. The summed E-state index contributed by atoms with van der Waals surface area (Å²) in [6.45, 7) is 0.578. The number of pyridine rings is 1. The van der Waals surface area contributed by atoms with Crippen LogP contribution < -0.4 is 15.4 Å². The predicted octanol–water partition coefficient (Wildman–Crippen LogP) is 3.66. The number of sulfone groups is 1. The molecule has 1 saturated carbocycles. The Kier molecular flexibility index (Phi) is 8.28. The first-order chi connectivity index (χ1) is 20.5. The van der Waals surface area contributed by atoms with E-state index >= 15 is 0 Å². The summed E-state index contributed by atoms with van der Waals surface area (Å²) in [6, 6.07) is 4.57. The van der Waals surface area contributed by atoms with Crippen molar-refractivity contribution in [3.8, 4) is 11.8 Å². The Morgan fingerprint density at radius 1 is 1.25 bits per heavy atom. The fourth-order valence-electron chi connectivity index (χ4n) is 5.27. The van der Waals surface area contributed by atoms with Crippen LogP contribution in [0.25, 0.3) is 0 Å². The summed E-state index contributed by atoms with van der Waals surface area (Å²) in [4.78, 5) is 32.2. The molecule has 0 bridgehead atoms. The maximum Gasteiger partial charge on any atom is 0.425 e. The average molecular weight is 678 g/mol. The molecule has 2 amide bonds. The number of amides is 2. The van der Waals surface area contributed by atoms with E-state index in [0.29, 0.717) is 19.4 Å². The lowest BCUT2D eigenvalue weighted by Crippen LogP contribution is -2.66. The van der Waals surface area contributed by atoms with Crippen LogP contribution >= 0.6 is 23.2 Å². The number of likely N-dealkylation sites (tertiary alicyclic amines) is 1. The Morgan fingerprint density at radius 3 is 2.45 bits per heavy atom. The number of carbonyl (C=O) groups is 2. The molecule has 2 unspecified atom stereocenters. The van der Waals surface area contributed by atoms with E-state index in [1.165, 1.54) is 0 Å². The zero-order valence-corrected chi connectivity index (χ0v) is 25.2. The van der Waals surface area contributed by atoms with Crippen LogP contribution in [0.1, 0.15) is 38.3 Å². The Morgan fingerprint density at radius 2 is 1.93 bits per heavy atom. The van der Waals surface area contributed by atoms with Gasteiger partial charge in [-0.25, -0.2) is 12.8 Å². The SMILES string of the molecule is C[C@H](Oc1ccc(S(=O)(=O)C2C[C@@H](C(=O)NC3(C#N)CC3)N(C(=O)C3(c4ncc(Cl)cc4F)CCN3)C2)c(Cl)c1)C(F)(F)F. The normalized spacial score (nSPS) is 25.0. The number of hydrogen-bond donors (Lipinski definition) is 2. The molecular formula is C27H25Cl2F4N5O5S. The van der Waals surface area contributed by atoms with Crippen molar-refractivity contribution >= 4 is 44.9 Å². The number of alkyl halides is 3. The number of carbonyl (C=O) groups excluding carboxylic acids is 2. The maximum atomic E-state index is 15.0. The van der Waals surface area contributed by atoms with Crippen LogP contribution in [0.5, 0.6) is 5.75 Å². The van der Waals surface area contributed by atoms with Crippen molar-refractivity contribution in [3.63, 3.8) is 0 Å². The van der Waals surface area contributed by atoms with E-state index in [9.17, 15) is 40.8 Å². The van der Waals surface area contributed by atoms with Crippen LogP contribution in [-0.2, 0) is 25.0 Å². The minimum atomic E-state index is -4.67. The van der Waals surface area contributed by atoms with Crippen molar-refractivity contribution < 1.29 is 40.3 Å². The second-order valence-electron chi connectivity index (χ2n) is 11.0. The molecule has 0 spiro atoms. The van der Waals surface area contributed by atoms with Crippen LogP contribution in [0.15, 0.2) is 35.4 Å². The fourth-order valence-corrected chi connectivity index (χ4v) is 7.65. The van der Waals surface area contributed by atoms with Crippen molar-refractivity contribution in [2.45, 2.75) is 72.2 Å². The molecule has 5 rings (SSSR count). The third-order valence-corrected chi connectivity index (χ3v) is 10.9. The molecule has 44 heavy (non-hydrogen) atoms. The van der Waals surface area contributed by atoms with E-state index in [2.05, 4.69) is 15.6 Å². The first-order valence-electron chi connectivity index (χ1n) is 13.4. The minimum Gasteiger partial charge on any atom is -0.481 e. The van der Waals surface area contributed by atoms with Gasteiger partial charge in [0.25, 0.3) is 0 Å². The maximum absolute atomic E-state index is 15.0. The average Bonchev–Trinajstić information content (AvgIpc) is 3.53. The predicted molar refractivity (Wildman–Crippen MR) is 148 cm³/mol. The molecule has 3 heterocycles. The summed E-state index contributed by atoms with van der Waals surface area (Å²) >= 11 is 12.1. The lowest BCUT2D eigenvalue weighted by atomic mass is 9.82. The quantitative estimate of drug-likeness (QED) is 0.404. The molecule has 2 N–H and O–H groups in total. The molecule has 1 aromatic carbocycles. The van der Waals surface area contributed by atoms with E-state index < -0.39 is 85.0 Å². The van der Waals surface area contributed by atoms with Crippen molar-refractivity contribution in [2.75, 3.05) is 13.1 Å². The van der Waals surface area contributed by atoms with Crippen LogP contribution in [0.2, 0.25) is 10.0 Å². The van der Waals surface area contributed by atoms with E-state index in [1.54, 1.807) is 0 Å². The first-order valence-corrected chi connectivity index (χ1v) is 15.7. The van der Waals surface area contributed by atoms with Gasteiger partial charge in [-0.3, -0.25) is 19.9 Å². The van der Waals surface area contributed by atoms with E-state index in [-0.39, 0.29) is 22.9 Å². The highest BCUT2D eigenvalue weighted by molar-refractivity contribution is 7.92. The van der Waals surface area contributed by atoms with Crippen molar-refractivity contribution in [1.29, 1.82) is 5.26 Å². The van der Waals surface area contributed by atoms with Gasteiger partial charge in [0.1, 0.15) is 34.4 Å². The monoisotopic (exact) mass is 677 g/mol. The lowest BCUT2D eigenvalue weighted by Gasteiger charge is -2.44. The zero-order chi connectivity index (χ0) is 32.2. The van der Waals surface area contributed by atoms with Gasteiger partial charge >= 0.3 is 6.18 Å². The van der Waals surface area contributed by atoms with Gasteiger partial charge < -0.3 is 15.0 Å². The fraction of sp³-hybridized carbons (Fsp3) is 0.481. The van der Waals surface area contributed by atoms with Gasteiger partial charge in [-0.05, 0) is 57.4 Å². The van der Waals surface area contributed by atoms with Crippen LogP contribution in [-0.4, -0.2) is 72.3 Å². The summed E-state index contributed by atoms with van der Waals surface area (Å²) in [5.74, 6) is -2.75. The van der Waals surface area contributed by atoms with Gasteiger partial charge in [0.15, 0.2) is 15.9 Å². The number of ether oxygens (including phenoxy) is 1. The van der Waals surface area contributed by atoms with Crippen molar-refractivity contribution in [3.05, 3.63) is 52.0 Å². The van der Waals surface area contributed by atoms with Crippen molar-refractivity contribution in [2.24, 2.45) is 0 Å². The number of aromatic nitrogens is 1. The smallest absolute Gasteiger partial charge is 0.425 e. The largest absolute Gasteiger partial charge is 0.481 e. The number of nitrogens with zero attached hydrogens (tertiary/aromatic N) is 3. The van der Waals surface area contributed by atoms with Crippen LogP contribution in [0.3, 0.4) is 0 Å². The van der Waals surface area contributed by atoms with Crippen molar-refractivity contribution in [1.82, 2.24) is 20.5 Å². The lowest BCUT2D eigenvalue weighted by molar-refractivity contribution is -0.189. The van der Waals surface area contributed by atoms with E-state index in [4.69, 9.17) is 27.9 Å². The van der Waals surface area contributed by atoms with Gasteiger partial charge in [-0.1, -0.05) is 23.2 Å². The van der Waals surface area contributed by atoms with Gasteiger partial charge in [-0.2, -0.15) is 18.4 Å². The van der Waals surface area contributed by atoms with Crippen LogP contribution in [0.4, 0.5) is 17.6 Å². The molecule has 3 fully saturated rings. The molecule has 1 aliphatic carbocycles. The molecule has 3 aliphatic rings. The van der Waals surface area contributed by atoms with E-state index in [1.807, 2.05) is 6.07 Å². The molecule has 1 aromatic heterocycles. The number of halogens is 6. The molecule has 4 atom stereocenters. The second kappa shape index (κ2) is 11.3. The Bertz CT molecular complexity index is 1660. The molecule has 236 valence electrons. The third kappa shape index (κ3) is 5.80. The zero-order valence-electron chi connectivity index (χ0n) is 22.9. The Labute approximate surface area is 259 Å². The summed E-state index contributed by atoms with van der Waals surface area (Å²) in [5.41, 5.74) is -3.11. The van der Waals surface area contributed by atoms with Gasteiger partial charge in [0, 0.05) is 18.8 Å². The molecule has 2 aliphatic heterocycles. The van der Waals surface area contributed by atoms with E-state index in [0.717, 1.165) is 42.3 Å². The second-order valence-corrected chi connectivity index (χ2v) is 14.1. The first kappa shape index (κ1) is 32.2. The number of nitrogens with one attached hydrogen (secondary N) is 2. The number of rotatable bonds is 8. The molecular weight excluding hydrogens is 653 g/mol. The van der Waals surface area contributed by atoms with Crippen LogP contribution in [0, 0.1) is 17.1 Å². The number of hydrogen-bond acceptors (Lipinski definition) is 8. The topological polar surface area (TPSA) is 141 Å². The summed E-state index contributed by atoms with van der Waals surface area (Å²) < 4.78 is 86.2. The number of benzene rings is 1. The highest BCUT2D eigenvalue weighted by atomic mass is 35.5. The van der Waals surface area contributed by atoms with Gasteiger partial charge in [0.05, 0.1) is 26.3 Å². The summed E-state index contributed by atoms with van der Waals surface area (Å²) in [6.07, 6.45) is -5.26. The molecule has 10 nitrogen and oxygen atoms in total. The van der Waals surface area contributed by atoms with Gasteiger partial charge in [0.2, 0.25) is 11.8 Å². The summed E-state index contributed by atoms with van der Waals surface area (Å²) in [5, 5.41) is 13.1. The summed E-state index contributed by atoms with van der Waals surface area (Å²) in [7, 11) is -4.40. The molecule has 17 heteroatoms. The molecule has 2 saturated heterocycles. The molecule has 0 radical (unpaired) electrons. The standard InChI is InChI=1S/C27H25Cl2F4N5O5S/c1-14(27(31,32)33)43-16-2-3-21(18(29)9-16)44(41,42)17-10-20(23(39)37-25(13-34)4-5-25)38(12-17)24(40)26(6-7-36-26)22-19(30)8-15(28)11-35-22/h2-3,8-9,11,14,17,20,36H,4-7,10,12H2,1H3,(H,37,39)/t14-,17?,20-,26?/m0/s1. The number of nitriles is 1. The highest BCUT2D eigenvalue weighted by Crippen LogP contribution is 2.41. The molecule has 2 aromatic rings. The minimum absolute atomic E-state index is 0.00912.